The van der Waals surface area contributed by atoms with Crippen molar-refractivity contribution in [3.05, 3.63) is 84.2 Å². The highest BCUT2D eigenvalue weighted by molar-refractivity contribution is 5.75. The molecule has 0 N–H and O–H groups in total. The van der Waals surface area contributed by atoms with E-state index in [1.807, 2.05) is 54.6 Å². The van der Waals surface area contributed by atoms with E-state index in [2.05, 4.69) is 36.6 Å². The maximum Gasteiger partial charge on any atom is 0.148 e. The SMILES string of the molecule is COc1cccc(OCc2nc3ccccc3n2CCOc2ccccc2C(C)C)c1. The van der Waals surface area contributed by atoms with E-state index in [4.69, 9.17) is 19.2 Å². The van der Waals surface area contributed by atoms with Crippen LogP contribution >= 0.6 is 0 Å². The second-order valence-corrected chi connectivity index (χ2v) is 7.68. The van der Waals surface area contributed by atoms with Crippen molar-refractivity contribution in [2.45, 2.75) is 32.9 Å². The van der Waals surface area contributed by atoms with Gasteiger partial charge in [0.15, 0.2) is 0 Å². The van der Waals surface area contributed by atoms with Gasteiger partial charge in [-0.15, -0.1) is 0 Å². The summed E-state index contributed by atoms with van der Waals surface area (Å²) in [5.74, 6) is 3.74. The summed E-state index contributed by atoms with van der Waals surface area (Å²) in [6, 6.07) is 24.0. The largest absolute Gasteiger partial charge is 0.497 e. The number of fused-ring (bicyclic) bond motifs is 1. The minimum Gasteiger partial charge on any atom is -0.497 e. The monoisotopic (exact) mass is 416 g/mol. The molecule has 0 unspecified atom stereocenters. The minimum atomic E-state index is 0.366. The third-order valence-corrected chi connectivity index (χ3v) is 5.26. The summed E-state index contributed by atoms with van der Waals surface area (Å²) in [6.45, 7) is 5.96. The summed E-state index contributed by atoms with van der Waals surface area (Å²) in [6.07, 6.45) is 0. The van der Waals surface area contributed by atoms with Gasteiger partial charge in [-0.3, -0.25) is 0 Å². The first-order valence-corrected chi connectivity index (χ1v) is 10.6. The lowest BCUT2D eigenvalue weighted by atomic mass is 10.0. The van der Waals surface area contributed by atoms with Crippen molar-refractivity contribution >= 4 is 11.0 Å². The van der Waals surface area contributed by atoms with Crippen LogP contribution in [0.1, 0.15) is 31.2 Å². The second kappa shape index (κ2) is 9.56. The van der Waals surface area contributed by atoms with E-state index in [1.165, 1.54) is 5.56 Å². The van der Waals surface area contributed by atoms with Crippen LogP contribution < -0.4 is 14.2 Å². The molecule has 0 radical (unpaired) electrons. The summed E-state index contributed by atoms with van der Waals surface area (Å²) in [4.78, 5) is 4.79. The van der Waals surface area contributed by atoms with Crippen molar-refractivity contribution in [1.29, 1.82) is 0 Å². The Labute approximate surface area is 183 Å². The summed E-state index contributed by atoms with van der Waals surface area (Å²) in [5.41, 5.74) is 3.25. The molecule has 4 aromatic rings. The Hall–Kier alpha value is -3.47. The average molecular weight is 417 g/mol. The lowest BCUT2D eigenvalue weighted by molar-refractivity contribution is 0.270. The lowest BCUT2D eigenvalue weighted by Crippen LogP contribution is -2.13. The predicted octanol–water partition coefficient (Wildman–Crippen LogP) is 5.83. The topological polar surface area (TPSA) is 45.5 Å². The third kappa shape index (κ3) is 4.82. The van der Waals surface area contributed by atoms with Gasteiger partial charge in [0.1, 0.15) is 36.3 Å². The van der Waals surface area contributed by atoms with E-state index in [0.717, 1.165) is 34.1 Å². The summed E-state index contributed by atoms with van der Waals surface area (Å²) < 4.78 is 19.6. The number of imidazole rings is 1. The number of rotatable bonds is 9. The highest BCUT2D eigenvalue weighted by Crippen LogP contribution is 2.26. The van der Waals surface area contributed by atoms with Crippen LogP contribution in [0, 0.1) is 0 Å². The summed E-state index contributed by atoms with van der Waals surface area (Å²) in [5, 5.41) is 0. The number of aromatic nitrogens is 2. The first kappa shape index (κ1) is 20.8. The zero-order valence-electron chi connectivity index (χ0n) is 18.2. The highest BCUT2D eigenvalue weighted by atomic mass is 16.5. The molecule has 1 aromatic heterocycles. The molecule has 0 spiro atoms. The predicted molar refractivity (Wildman–Crippen MR) is 123 cm³/mol. The van der Waals surface area contributed by atoms with Gasteiger partial charge in [-0.05, 0) is 41.8 Å². The van der Waals surface area contributed by atoms with Crippen molar-refractivity contribution < 1.29 is 14.2 Å². The molecule has 0 bridgehead atoms. The van der Waals surface area contributed by atoms with Crippen molar-refractivity contribution in [2.75, 3.05) is 13.7 Å². The molecule has 0 atom stereocenters. The average Bonchev–Trinajstić information content (AvgIpc) is 3.15. The van der Waals surface area contributed by atoms with E-state index in [-0.39, 0.29) is 0 Å². The smallest absolute Gasteiger partial charge is 0.148 e. The van der Waals surface area contributed by atoms with Gasteiger partial charge in [0, 0.05) is 6.07 Å². The quantitative estimate of drug-likeness (QED) is 0.345. The van der Waals surface area contributed by atoms with E-state index >= 15 is 0 Å². The maximum absolute atomic E-state index is 6.16. The van der Waals surface area contributed by atoms with E-state index in [9.17, 15) is 0 Å². The Morgan fingerprint density at radius 2 is 1.65 bits per heavy atom. The summed E-state index contributed by atoms with van der Waals surface area (Å²) >= 11 is 0. The van der Waals surface area contributed by atoms with Gasteiger partial charge < -0.3 is 18.8 Å². The van der Waals surface area contributed by atoms with Gasteiger partial charge >= 0.3 is 0 Å². The number of nitrogens with zero attached hydrogens (tertiary/aromatic N) is 2. The van der Waals surface area contributed by atoms with E-state index in [1.54, 1.807) is 7.11 Å². The minimum absolute atomic E-state index is 0.366. The molecule has 5 heteroatoms. The van der Waals surface area contributed by atoms with Crippen LogP contribution in [0.2, 0.25) is 0 Å². The normalized spacial score (nSPS) is 11.1. The van der Waals surface area contributed by atoms with Crippen molar-refractivity contribution in [2.24, 2.45) is 0 Å². The van der Waals surface area contributed by atoms with Gasteiger partial charge in [-0.1, -0.05) is 50.2 Å². The molecule has 0 amide bonds. The first-order valence-electron chi connectivity index (χ1n) is 10.6. The van der Waals surface area contributed by atoms with Gasteiger partial charge in [0.05, 0.1) is 24.7 Å². The fraction of sp³-hybridized carbons (Fsp3) is 0.269. The number of hydrogen-bond acceptors (Lipinski definition) is 4. The van der Waals surface area contributed by atoms with E-state index in [0.29, 0.717) is 25.7 Å². The van der Waals surface area contributed by atoms with Crippen LogP contribution in [-0.2, 0) is 13.2 Å². The number of para-hydroxylation sites is 3. The van der Waals surface area contributed by atoms with Gasteiger partial charge in [0.25, 0.3) is 0 Å². The molecule has 0 fully saturated rings. The van der Waals surface area contributed by atoms with Crippen LogP contribution in [0.25, 0.3) is 11.0 Å². The third-order valence-electron chi connectivity index (χ3n) is 5.26. The number of benzene rings is 3. The Kier molecular flexibility index (Phi) is 6.41. The fourth-order valence-electron chi connectivity index (χ4n) is 3.66. The van der Waals surface area contributed by atoms with Crippen molar-refractivity contribution in [3.8, 4) is 17.2 Å². The molecule has 1 heterocycles. The molecular formula is C26H28N2O3. The fourth-order valence-corrected chi connectivity index (χ4v) is 3.66. The molecule has 160 valence electrons. The Bertz CT molecular complexity index is 1150. The lowest BCUT2D eigenvalue weighted by Gasteiger charge is -2.15. The van der Waals surface area contributed by atoms with E-state index < -0.39 is 0 Å². The molecule has 3 aromatic carbocycles. The molecule has 0 aliphatic carbocycles. The van der Waals surface area contributed by atoms with Crippen LogP contribution in [-0.4, -0.2) is 23.3 Å². The molecule has 0 aliphatic heterocycles. The zero-order chi connectivity index (χ0) is 21.6. The van der Waals surface area contributed by atoms with Gasteiger partial charge in [0.2, 0.25) is 0 Å². The Balaban J connectivity index is 1.51. The highest BCUT2D eigenvalue weighted by Gasteiger charge is 2.12. The van der Waals surface area contributed by atoms with Crippen LogP contribution in [0.4, 0.5) is 0 Å². The standard InChI is InChI=1S/C26H28N2O3/c1-19(2)22-11-4-7-14-25(22)30-16-15-28-24-13-6-5-12-23(24)27-26(28)18-31-21-10-8-9-20(17-21)29-3/h4-14,17,19H,15-16,18H2,1-3H3. The Morgan fingerprint density at radius 3 is 2.48 bits per heavy atom. The second-order valence-electron chi connectivity index (χ2n) is 7.68. The van der Waals surface area contributed by atoms with Crippen molar-refractivity contribution in [1.82, 2.24) is 9.55 Å². The molecule has 4 rings (SSSR count). The molecule has 31 heavy (non-hydrogen) atoms. The molecule has 0 saturated heterocycles. The van der Waals surface area contributed by atoms with Gasteiger partial charge in [-0.25, -0.2) is 4.98 Å². The molecular weight excluding hydrogens is 388 g/mol. The number of hydrogen-bond donors (Lipinski definition) is 0. The van der Waals surface area contributed by atoms with Crippen LogP contribution in [0.5, 0.6) is 17.2 Å². The summed E-state index contributed by atoms with van der Waals surface area (Å²) in [7, 11) is 1.65. The molecule has 0 aliphatic rings. The van der Waals surface area contributed by atoms with Crippen molar-refractivity contribution in [3.63, 3.8) is 0 Å². The maximum atomic E-state index is 6.16. The Morgan fingerprint density at radius 1 is 0.871 bits per heavy atom. The zero-order valence-corrected chi connectivity index (χ0v) is 18.2. The van der Waals surface area contributed by atoms with Crippen LogP contribution in [0.15, 0.2) is 72.8 Å². The van der Waals surface area contributed by atoms with Crippen LogP contribution in [0.3, 0.4) is 0 Å². The first-order chi connectivity index (χ1) is 15.2. The molecule has 0 saturated carbocycles. The van der Waals surface area contributed by atoms with Gasteiger partial charge in [-0.2, -0.15) is 0 Å². The molecule has 5 nitrogen and oxygen atoms in total. The number of methoxy groups -OCH3 is 1. The number of ether oxygens (including phenoxy) is 3.